The van der Waals surface area contributed by atoms with Crippen LogP contribution in [0.5, 0.6) is 0 Å². The zero-order valence-corrected chi connectivity index (χ0v) is 14.2. The van der Waals surface area contributed by atoms with Gasteiger partial charge in [-0.25, -0.2) is 0 Å². The Labute approximate surface area is 144 Å². The number of amides is 2. The fourth-order valence-corrected chi connectivity index (χ4v) is 3.27. The van der Waals surface area contributed by atoms with E-state index in [0.29, 0.717) is 37.6 Å². The number of carbonyl (C=O) groups excluding carboxylic acids is 2. The second kappa shape index (κ2) is 6.30. The summed E-state index contributed by atoms with van der Waals surface area (Å²) in [5, 5.41) is 17.4. The van der Waals surface area contributed by atoms with E-state index < -0.39 is 0 Å². The molecular weight excluding hydrogens is 322 g/mol. The van der Waals surface area contributed by atoms with Gasteiger partial charge in [0.25, 0.3) is 5.91 Å². The van der Waals surface area contributed by atoms with Gasteiger partial charge in [0, 0.05) is 12.5 Å². The van der Waals surface area contributed by atoms with Gasteiger partial charge in [-0.1, -0.05) is 6.42 Å². The highest BCUT2D eigenvalue weighted by Crippen LogP contribution is 2.29. The van der Waals surface area contributed by atoms with Gasteiger partial charge in [-0.15, -0.1) is 0 Å². The summed E-state index contributed by atoms with van der Waals surface area (Å²) < 4.78 is 1.92. The van der Waals surface area contributed by atoms with Gasteiger partial charge in [-0.05, 0) is 25.8 Å². The second-order valence-corrected chi connectivity index (χ2v) is 6.68. The number of nitrogens with one attached hydrogen (secondary N) is 2. The van der Waals surface area contributed by atoms with E-state index in [4.69, 9.17) is 0 Å². The van der Waals surface area contributed by atoms with Crippen LogP contribution in [-0.4, -0.2) is 48.5 Å². The fraction of sp³-hybridized carbons (Fsp3) is 0.562. The van der Waals surface area contributed by atoms with Crippen LogP contribution in [0.3, 0.4) is 0 Å². The van der Waals surface area contributed by atoms with Crippen molar-refractivity contribution >= 4 is 11.8 Å². The van der Waals surface area contributed by atoms with Gasteiger partial charge in [-0.2, -0.15) is 20.5 Å². The molecular formula is C16H21N7O2. The lowest BCUT2D eigenvalue weighted by Gasteiger charge is -2.34. The Morgan fingerprint density at radius 1 is 1.32 bits per heavy atom. The molecule has 25 heavy (non-hydrogen) atoms. The molecule has 1 saturated carbocycles. The summed E-state index contributed by atoms with van der Waals surface area (Å²) in [5.74, 6) is 0.216. The first-order valence-corrected chi connectivity index (χ1v) is 8.62. The summed E-state index contributed by atoms with van der Waals surface area (Å²) >= 11 is 0. The monoisotopic (exact) mass is 343 g/mol. The van der Waals surface area contributed by atoms with E-state index in [1.807, 2.05) is 15.6 Å². The van der Waals surface area contributed by atoms with Crippen LogP contribution in [-0.2, 0) is 24.4 Å². The maximum atomic E-state index is 12.4. The summed E-state index contributed by atoms with van der Waals surface area (Å²) in [7, 11) is 0. The van der Waals surface area contributed by atoms with Crippen molar-refractivity contribution in [3.05, 3.63) is 28.8 Å². The average molecular weight is 343 g/mol. The van der Waals surface area contributed by atoms with E-state index in [9.17, 15) is 9.59 Å². The summed E-state index contributed by atoms with van der Waals surface area (Å²) in [6.45, 7) is 4.04. The predicted octanol–water partition coefficient (Wildman–Crippen LogP) is 0.382. The third-order valence-electron chi connectivity index (χ3n) is 4.98. The molecule has 2 aliphatic rings. The molecule has 0 radical (unpaired) electrons. The van der Waals surface area contributed by atoms with Gasteiger partial charge in [0.1, 0.15) is 0 Å². The number of hydrogen-bond donors (Lipinski definition) is 2. The first-order chi connectivity index (χ1) is 12.1. The Bertz CT molecular complexity index is 805. The van der Waals surface area contributed by atoms with Crippen molar-refractivity contribution in [2.24, 2.45) is 5.92 Å². The largest absolute Gasteiger partial charge is 0.345 e. The van der Waals surface area contributed by atoms with Crippen LogP contribution in [0.1, 0.15) is 46.8 Å². The van der Waals surface area contributed by atoms with Crippen molar-refractivity contribution in [2.45, 2.75) is 45.8 Å². The van der Waals surface area contributed by atoms with E-state index in [-0.39, 0.29) is 17.7 Å². The van der Waals surface area contributed by atoms with E-state index in [0.717, 1.165) is 30.7 Å². The molecule has 3 heterocycles. The van der Waals surface area contributed by atoms with Crippen LogP contribution in [0.4, 0.5) is 0 Å². The number of nitrogens with zero attached hydrogens (tertiary/aromatic N) is 5. The molecule has 0 aromatic carbocycles. The molecule has 2 amide bonds. The summed E-state index contributed by atoms with van der Waals surface area (Å²) in [6, 6.07) is 1.95. The third-order valence-corrected chi connectivity index (χ3v) is 4.98. The van der Waals surface area contributed by atoms with Crippen LogP contribution >= 0.6 is 0 Å². The normalized spacial score (nSPS) is 17.1. The number of aromatic amines is 1. The summed E-state index contributed by atoms with van der Waals surface area (Å²) in [6.07, 6.45) is 3.21. The zero-order chi connectivity index (χ0) is 17.4. The van der Waals surface area contributed by atoms with Gasteiger partial charge in [0.05, 0.1) is 36.7 Å². The molecule has 0 atom stereocenters. The van der Waals surface area contributed by atoms with Crippen molar-refractivity contribution in [1.82, 2.24) is 35.4 Å². The van der Waals surface area contributed by atoms with Crippen LogP contribution in [0.2, 0.25) is 0 Å². The molecule has 2 aromatic rings. The Morgan fingerprint density at radius 3 is 2.84 bits per heavy atom. The molecule has 4 rings (SSSR count). The molecule has 1 fully saturated rings. The minimum atomic E-state index is -0.279. The predicted molar refractivity (Wildman–Crippen MR) is 87.3 cm³/mol. The molecule has 132 valence electrons. The minimum Gasteiger partial charge on any atom is -0.345 e. The number of fused-ring (bicyclic) bond motifs is 1. The van der Waals surface area contributed by atoms with Crippen LogP contribution < -0.4 is 5.32 Å². The molecule has 0 unspecified atom stereocenters. The lowest BCUT2D eigenvalue weighted by Crippen LogP contribution is -2.43. The number of hydrogen-bond acceptors (Lipinski definition) is 5. The lowest BCUT2D eigenvalue weighted by molar-refractivity contribution is -0.139. The van der Waals surface area contributed by atoms with Crippen molar-refractivity contribution in [1.29, 1.82) is 0 Å². The molecule has 0 spiro atoms. The van der Waals surface area contributed by atoms with Crippen LogP contribution in [0.15, 0.2) is 6.07 Å². The minimum absolute atomic E-state index is 0.221. The quantitative estimate of drug-likeness (QED) is 0.834. The van der Waals surface area contributed by atoms with Crippen molar-refractivity contribution in [2.75, 3.05) is 6.54 Å². The Kier molecular flexibility index (Phi) is 3.98. The van der Waals surface area contributed by atoms with Crippen LogP contribution in [0, 0.1) is 12.8 Å². The molecule has 9 heteroatoms. The smallest absolute Gasteiger partial charge is 0.274 e. The maximum Gasteiger partial charge on any atom is 0.274 e. The fourth-order valence-electron chi connectivity index (χ4n) is 3.27. The lowest BCUT2D eigenvalue weighted by atomic mass is 9.84. The molecule has 9 nitrogen and oxygen atoms in total. The maximum absolute atomic E-state index is 12.4. The first-order valence-electron chi connectivity index (χ1n) is 8.62. The van der Waals surface area contributed by atoms with Gasteiger partial charge in [0.2, 0.25) is 5.91 Å². The molecule has 2 N–H and O–H groups in total. The van der Waals surface area contributed by atoms with Crippen molar-refractivity contribution in [3.63, 3.8) is 0 Å². The molecule has 1 aliphatic carbocycles. The van der Waals surface area contributed by atoms with E-state index >= 15 is 0 Å². The molecule has 0 bridgehead atoms. The van der Waals surface area contributed by atoms with E-state index in [2.05, 4.69) is 25.8 Å². The summed E-state index contributed by atoms with van der Waals surface area (Å²) in [4.78, 5) is 26.4. The van der Waals surface area contributed by atoms with Gasteiger partial charge in [0.15, 0.2) is 5.69 Å². The first kappa shape index (κ1) is 15.8. The zero-order valence-electron chi connectivity index (χ0n) is 14.2. The Balaban J connectivity index is 1.38. The SMILES string of the molecule is Cc1n[nH]nc1C(=O)NCc1cc2n(n1)CCN(C(=O)C1CCC1)C2. The van der Waals surface area contributed by atoms with Crippen molar-refractivity contribution in [3.8, 4) is 0 Å². The molecule has 0 saturated heterocycles. The van der Waals surface area contributed by atoms with Gasteiger partial charge < -0.3 is 10.2 Å². The average Bonchev–Trinajstić information content (AvgIpc) is 3.15. The number of aromatic nitrogens is 5. The number of rotatable bonds is 4. The van der Waals surface area contributed by atoms with Crippen LogP contribution in [0.25, 0.3) is 0 Å². The van der Waals surface area contributed by atoms with E-state index in [1.54, 1.807) is 6.92 Å². The second-order valence-electron chi connectivity index (χ2n) is 6.68. The Morgan fingerprint density at radius 2 is 2.16 bits per heavy atom. The van der Waals surface area contributed by atoms with Gasteiger partial charge >= 0.3 is 0 Å². The highest BCUT2D eigenvalue weighted by Gasteiger charge is 2.31. The topological polar surface area (TPSA) is 109 Å². The standard InChI is InChI=1S/C16H21N7O2/c1-10-14(19-21-18-10)15(24)17-8-12-7-13-9-22(5-6-23(13)20-12)16(25)11-3-2-4-11/h7,11H,2-6,8-9H2,1H3,(H,17,24)(H,18,19,21). The summed E-state index contributed by atoms with van der Waals surface area (Å²) in [5.41, 5.74) is 2.65. The highest BCUT2D eigenvalue weighted by atomic mass is 16.2. The Hall–Kier alpha value is -2.71. The van der Waals surface area contributed by atoms with Crippen molar-refractivity contribution < 1.29 is 9.59 Å². The highest BCUT2D eigenvalue weighted by molar-refractivity contribution is 5.92. The number of H-pyrrole nitrogens is 1. The molecule has 2 aromatic heterocycles. The van der Waals surface area contributed by atoms with E-state index in [1.165, 1.54) is 0 Å². The van der Waals surface area contributed by atoms with Gasteiger partial charge in [-0.3, -0.25) is 14.3 Å². The number of aryl methyl sites for hydroxylation is 1. The third kappa shape index (κ3) is 3.01. The molecule has 1 aliphatic heterocycles. The number of carbonyl (C=O) groups is 2.